The van der Waals surface area contributed by atoms with E-state index in [0.717, 1.165) is 0 Å². The number of fused-ring (bicyclic) bond motifs is 5. The zero-order chi connectivity index (χ0) is 6.55. The maximum atomic E-state index is 4.45. The van der Waals surface area contributed by atoms with E-state index in [1.54, 1.807) is 11.3 Å². The standard InChI is InChI=1S/C7H8N2S/c1-2-6-5-4-10-7(8-5)9(6)3-1/h4,6H,1-3H2. The second-order valence-corrected chi connectivity index (χ2v) is 3.74. The van der Waals surface area contributed by atoms with Crippen LogP contribution in [0.15, 0.2) is 5.38 Å². The van der Waals surface area contributed by atoms with E-state index in [-0.39, 0.29) is 0 Å². The summed E-state index contributed by atoms with van der Waals surface area (Å²) in [5.74, 6) is 0. The molecule has 1 unspecified atom stereocenters. The first-order chi connectivity index (χ1) is 4.95. The third-order valence-electron chi connectivity index (χ3n) is 2.35. The number of rotatable bonds is 0. The zero-order valence-electron chi connectivity index (χ0n) is 5.58. The Balaban J connectivity index is 2.17. The molecule has 1 aromatic heterocycles. The molecule has 0 amide bonds. The van der Waals surface area contributed by atoms with Gasteiger partial charge in [0, 0.05) is 11.9 Å². The van der Waals surface area contributed by atoms with Crippen LogP contribution in [0.25, 0.3) is 0 Å². The molecule has 10 heavy (non-hydrogen) atoms. The highest BCUT2D eigenvalue weighted by molar-refractivity contribution is 7.14. The number of thiazole rings is 1. The summed E-state index contributed by atoms with van der Waals surface area (Å²) in [7, 11) is 0. The van der Waals surface area contributed by atoms with E-state index >= 15 is 0 Å². The highest BCUT2D eigenvalue weighted by atomic mass is 32.1. The maximum Gasteiger partial charge on any atom is 0.186 e. The van der Waals surface area contributed by atoms with E-state index in [0.29, 0.717) is 6.04 Å². The van der Waals surface area contributed by atoms with Crippen molar-refractivity contribution in [3.05, 3.63) is 11.1 Å². The van der Waals surface area contributed by atoms with Gasteiger partial charge in [0.2, 0.25) is 0 Å². The Bertz CT molecular complexity index is 244. The lowest BCUT2D eigenvalue weighted by atomic mass is 10.2. The SMILES string of the molecule is c1sc2nc1C1CCCN21. The zero-order valence-corrected chi connectivity index (χ0v) is 6.40. The molecule has 3 heterocycles. The number of anilines is 1. The average Bonchev–Trinajstić information content (AvgIpc) is 2.60. The Morgan fingerprint density at radius 3 is 3.60 bits per heavy atom. The first kappa shape index (κ1) is 5.13. The predicted molar refractivity (Wildman–Crippen MR) is 41.4 cm³/mol. The molecular weight excluding hydrogens is 144 g/mol. The van der Waals surface area contributed by atoms with Crippen molar-refractivity contribution < 1.29 is 0 Å². The molecule has 0 N–H and O–H groups in total. The van der Waals surface area contributed by atoms with Crippen molar-refractivity contribution in [2.24, 2.45) is 0 Å². The quantitative estimate of drug-likeness (QED) is 0.563. The average molecular weight is 152 g/mol. The molecule has 1 aromatic rings. The summed E-state index contributed by atoms with van der Waals surface area (Å²) in [4.78, 5) is 6.88. The molecule has 0 spiro atoms. The summed E-state index contributed by atoms with van der Waals surface area (Å²) in [6.45, 7) is 1.23. The Labute approximate surface area is 63.5 Å². The van der Waals surface area contributed by atoms with Crippen molar-refractivity contribution >= 4 is 16.5 Å². The minimum absolute atomic E-state index is 0.677. The summed E-state index contributed by atoms with van der Waals surface area (Å²) in [6.07, 6.45) is 2.67. The fourth-order valence-electron chi connectivity index (χ4n) is 1.86. The van der Waals surface area contributed by atoms with E-state index in [9.17, 15) is 0 Å². The van der Waals surface area contributed by atoms with Crippen molar-refractivity contribution in [3.63, 3.8) is 0 Å². The third kappa shape index (κ3) is 0.440. The molecule has 3 rings (SSSR count). The molecule has 2 nitrogen and oxygen atoms in total. The van der Waals surface area contributed by atoms with Gasteiger partial charge in [0.15, 0.2) is 5.13 Å². The third-order valence-corrected chi connectivity index (χ3v) is 3.25. The van der Waals surface area contributed by atoms with E-state index < -0.39 is 0 Å². The summed E-state index contributed by atoms with van der Waals surface area (Å²) in [6, 6.07) is 0.677. The van der Waals surface area contributed by atoms with Gasteiger partial charge in [-0.2, -0.15) is 0 Å². The smallest absolute Gasteiger partial charge is 0.186 e. The highest BCUT2D eigenvalue weighted by Gasteiger charge is 2.35. The van der Waals surface area contributed by atoms with Crippen LogP contribution in [0.3, 0.4) is 0 Å². The molecule has 0 saturated carbocycles. The van der Waals surface area contributed by atoms with Crippen LogP contribution in [0, 0.1) is 0 Å². The minimum Gasteiger partial charge on any atom is -0.339 e. The van der Waals surface area contributed by atoms with Gasteiger partial charge in [0.25, 0.3) is 0 Å². The number of aromatic nitrogens is 1. The lowest BCUT2D eigenvalue weighted by Crippen LogP contribution is -2.17. The van der Waals surface area contributed by atoms with Gasteiger partial charge in [-0.25, -0.2) is 4.98 Å². The van der Waals surface area contributed by atoms with Crippen molar-refractivity contribution in [1.82, 2.24) is 4.98 Å². The molecule has 0 aromatic carbocycles. The second-order valence-electron chi connectivity index (χ2n) is 2.91. The predicted octanol–water partition coefficient (Wildman–Crippen LogP) is 1.80. The number of hydrogen-bond donors (Lipinski definition) is 0. The Hall–Kier alpha value is -0.570. The van der Waals surface area contributed by atoms with Crippen LogP contribution >= 0.6 is 11.3 Å². The normalized spacial score (nSPS) is 27.6. The van der Waals surface area contributed by atoms with Gasteiger partial charge < -0.3 is 4.90 Å². The van der Waals surface area contributed by atoms with Crippen molar-refractivity contribution in [2.45, 2.75) is 18.9 Å². The molecule has 1 atom stereocenters. The largest absolute Gasteiger partial charge is 0.339 e. The summed E-state index contributed by atoms with van der Waals surface area (Å²) in [5.41, 5.74) is 1.32. The van der Waals surface area contributed by atoms with E-state index in [4.69, 9.17) is 0 Å². The Morgan fingerprint density at radius 1 is 1.70 bits per heavy atom. The molecule has 1 saturated heterocycles. The van der Waals surface area contributed by atoms with E-state index in [2.05, 4.69) is 15.3 Å². The van der Waals surface area contributed by atoms with Crippen LogP contribution in [0.2, 0.25) is 0 Å². The number of nitrogens with zero attached hydrogens (tertiary/aromatic N) is 2. The Morgan fingerprint density at radius 2 is 2.70 bits per heavy atom. The van der Waals surface area contributed by atoms with E-state index in [1.807, 2.05) is 0 Å². The fraction of sp³-hybridized carbons (Fsp3) is 0.571. The molecule has 52 valence electrons. The van der Waals surface area contributed by atoms with Gasteiger partial charge in [-0.05, 0) is 12.8 Å². The molecule has 0 radical (unpaired) electrons. The molecule has 2 aliphatic rings. The van der Waals surface area contributed by atoms with E-state index in [1.165, 1.54) is 30.2 Å². The first-order valence-corrected chi connectivity index (χ1v) is 4.55. The first-order valence-electron chi connectivity index (χ1n) is 3.67. The van der Waals surface area contributed by atoms with Crippen LogP contribution in [-0.2, 0) is 0 Å². The fourth-order valence-corrected chi connectivity index (χ4v) is 2.81. The highest BCUT2D eigenvalue weighted by Crippen LogP contribution is 2.43. The van der Waals surface area contributed by atoms with Gasteiger partial charge in [0.05, 0.1) is 11.7 Å². The molecular formula is C7H8N2S. The van der Waals surface area contributed by atoms with Gasteiger partial charge >= 0.3 is 0 Å². The molecule has 0 aliphatic carbocycles. The monoisotopic (exact) mass is 152 g/mol. The van der Waals surface area contributed by atoms with Gasteiger partial charge in [0.1, 0.15) is 0 Å². The topological polar surface area (TPSA) is 16.1 Å². The van der Waals surface area contributed by atoms with Gasteiger partial charge in [-0.3, -0.25) is 0 Å². The van der Waals surface area contributed by atoms with Crippen LogP contribution in [-0.4, -0.2) is 11.5 Å². The maximum absolute atomic E-state index is 4.45. The van der Waals surface area contributed by atoms with Gasteiger partial charge in [-0.1, -0.05) is 0 Å². The van der Waals surface area contributed by atoms with Crippen LogP contribution < -0.4 is 4.90 Å². The summed E-state index contributed by atoms with van der Waals surface area (Å²) >= 11 is 1.78. The summed E-state index contributed by atoms with van der Waals surface area (Å²) in [5, 5.41) is 3.44. The summed E-state index contributed by atoms with van der Waals surface area (Å²) < 4.78 is 0. The van der Waals surface area contributed by atoms with Crippen molar-refractivity contribution in [3.8, 4) is 0 Å². The second kappa shape index (κ2) is 1.53. The lowest BCUT2D eigenvalue weighted by molar-refractivity contribution is 0.738. The van der Waals surface area contributed by atoms with Crippen molar-refractivity contribution in [2.75, 3.05) is 11.4 Å². The van der Waals surface area contributed by atoms with Gasteiger partial charge in [-0.15, -0.1) is 11.3 Å². The molecule has 1 fully saturated rings. The molecule has 2 bridgehead atoms. The minimum atomic E-state index is 0.677. The van der Waals surface area contributed by atoms with Crippen LogP contribution in [0.1, 0.15) is 24.6 Å². The van der Waals surface area contributed by atoms with Crippen LogP contribution in [0.5, 0.6) is 0 Å². The number of hydrogen-bond acceptors (Lipinski definition) is 3. The van der Waals surface area contributed by atoms with Crippen LogP contribution in [0.4, 0.5) is 5.13 Å². The Kier molecular flexibility index (Phi) is 0.786. The molecule has 3 heteroatoms. The van der Waals surface area contributed by atoms with Crippen molar-refractivity contribution in [1.29, 1.82) is 0 Å². The lowest BCUT2D eigenvalue weighted by Gasteiger charge is -2.17. The molecule has 2 aliphatic heterocycles.